The Morgan fingerprint density at radius 2 is 1.17 bits per heavy atom. The summed E-state index contributed by atoms with van der Waals surface area (Å²) in [6, 6.07) is 4.36. The molecule has 0 aliphatic rings. The highest BCUT2D eigenvalue weighted by atomic mass is 16.5. The van der Waals surface area contributed by atoms with Crippen LogP contribution in [0.2, 0.25) is 0 Å². The van der Waals surface area contributed by atoms with E-state index in [1.165, 1.54) is 12.1 Å². The number of phenolic OH excluding ortho intramolecular Hbond substituents is 4. The number of hydrogen-bond acceptors (Lipinski definition) is 7. The second-order valence-electron chi connectivity index (χ2n) is 4.87. The zero-order valence-corrected chi connectivity index (χ0v) is 13.2. The molecule has 0 heterocycles. The highest BCUT2D eigenvalue weighted by Crippen LogP contribution is 2.40. The first-order valence-corrected chi connectivity index (χ1v) is 7.31. The Labute approximate surface area is 138 Å². The number of carbonyl (C=O) groups excluding carboxylic acids is 1. The van der Waals surface area contributed by atoms with E-state index in [1.807, 2.05) is 0 Å². The summed E-state index contributed by atoms with van der Waals surface area (Å²) >= 11 is 0. The van der Waals surface area contributed by atoms with Gasteiger partial charge in [0.15, 0.2) is 0 Å². The first kappa shape index (κ1) is 17.3. The van der Waals surface area contributed by atoms with Crippen LogP contribution in [0.4, 0.5) is 0 Å². The van der Waals surface area contributed by atoms with Crippen LogP contribution in [-0.2, 0) is 0 Å². The summed E-state index contributed by atoms with van der Waals surface area (Å²) in [5.41, 5.74) is -0.451. The van der Waals surface area contributed by atoms with Crippen LogP contribution in [-0.4, -0.2) is 39.4 Å². The van der Waals surface area contributed by atoms with Crippen LogP contribution < -0.4 is 9.47 Å². The van der Waals surface area contributed by atoms with E-state index in [-0.39, 0.29) is 47.3 Å². The summed E-state index contributed by atoms with van der Waals surface area (Å²) in [6.45, 7) is 3.75. The molecule has 24 heavy (non-hydrogen) atoms. The summed E-state index contributed by atoms with van der Waals surface area (Å²) in [4.78, 5) is 12.9. The topological polar surface area (TPSA) is 116 Å². The molecule has 7 heteroatoms. The number of aromatic hydroxyl groups is 4. The van der Waals surface area contributed by atoms with E-state index in [0.29, 0.717) is 0 Å². The smallest absolute Gasteiger partial charge is 0.207 e. The Balaban J connectivity index is 2.65. The van der Waals surface area contributed by atoms with Crippen LogP contribution in [0.1, 0.15) is 29.8 Å². The van der Waals surface area contributed by atoms with Crippen LogP contribution in [0.3, 0.4) is 0 Å². The molecule has 0 bridgehead atoms. The number of hydrogen-bond donors (Lipinski definition) is 4. The summed E-state index contributed by atoms with van der Waals surface area (Å²) in [6.07, 6.45) is 0. The summed E-state index contributed by atoms with van der Waals surface area (Å²) in [7, 11) is 0. The third-order valence-electron chi connectivity index (χ3n) is 3.19. The van der Waals surface area contributed by atoms with E-state index in [1.54, 1.807) is 13.8 Å². The molecule has 2 rings (SSSR count). The maximum atomic E-state index is 12.9. The fraction of sp³-hybridized carbons (Fsp3) is 0.235. The number of rotatable bonds is 6. The number of carbonyl (C=O) groups is 1. The standard InChI is InChI=1S/C17H18O7/c1-3-23-13-7-9(18)5-11(20)15(13)17(22)16-12(21)6-10(19)8-14(16)24-4-2/h5-8,18-21H,3-4H2,1-2H3. The molecule has 0 aliphatic carbocycles. The minimum Gasteiger partial charge on any atom is -0.508 e. The van der Waals surface area contributed by atoms with Crippen LogP contribution in [0.25, 0.3) is 0 Å². The van der Waals surface area contributed by atoms with Crippen molar-refractivity contribution in [2.75, 3.05) is 13.2 Å². The van der Waals surface area contributed by atoms with E-state index >= 15 is 0 Å². The maximum Gasteiger partial charge on any atom is 0.207 e. The molecule has 0 aliphatic heterocycles. The lowest BCUT2D eigenvalue weighted by Gasteiger charge is -2.15. The normalized spacial score (nSPS) is 10.4. The zero-order chi connectivity index (χ0) is 17.9. The Kier molecular flexibility index (Phi) is 5.03. The van der Waals surface area contributed by atoms with E-state index < -0.39 is 17.3 Å². The predicted molar refractivity (Wildman–Crippen MR) is 85.3 cm³/mol. The fourth-order valence-electron chi connectivity index (χ4n) is 2.29. The Bertz CT molecular complexity index is 705. The number of ketones is 1. The van der Waals surface area contributed by atoms with Crippen molar-refractivity contribution < 1.29 is 34.7 Å². The molecule has 0 spiro atoms. The van der Waals surface area contributed by atoms with Gasteiger partial charge in [-0.1, -0.05) is 0 Å². The van der Waals surface area contributed by atoms with Crippen LogP contribution >= 0.6 is 0 Å². The van der Waals surface area contributed by atoms with E-state index in [0.717, 1.165) is 12.1 Å². The number of phenols is 4. The van der Waals surface area contributed by atoms with E-state index in [9.17, 15) is 25.2 Å². The molecule has 0 atom stereocenters. The van der Waals surface area contributed by atoms with Crippen molar-refractivity contribution in [1.29, 1.82) is 0 Å². The highest BCUT2D eigenvalue weighted by molar-refractivity contribution is 6.15. The molecule has 0 unspecified atom stereocenters. The lowest BCUT2D eigenvalue weighted by molar-refractivity contribution is 0.102. The van der Waals surface area contributed by atoms with Crippen molar-refractivity contribution in [2.45, 2.75) is 13.8 Å². The maximum absolute atomic E-state index is 12.9. The van der Waals surface area contributed by atoms with Crippen molar-refractivity contribution in [3.05, 3.63) is 35.4 Å². The summed E-state index contributed by atoms with van der Waals surface area (Å²) in [5.74, 6) is -2.38. The largest absolute Gasteiger partial charge is 0.508 e. The van der Waals surface area contributed by atoms with Crippen LogP contribution in [0, 0.1) is 0 Å². The van der Waals surface area contributed by atoms with Gasteiger partial charge in [0, 0.05) is 24.3 Å². The minimum atomic E-state index is -0.767. The average Bonchev–Trinajstić information content (AvgIpc) is 2.46. The SMILES string of the molecule is CCOc1cc(O)cc(O)c1C(=O)c1c(O)cc(O)cc1OCC. The van der Waals surface area contributed by atoms with Crippen molar-refractivity contribution in [2.24, 2.45) is 0 Å². The first-order valence-electron chi connectivity index (χ1n) is 7.31. The van der Waals surface area contributed by atoms with Crippen molar-refractivity contribution in [3.63, 3.8) is 0 Å². The minimum absolute atomic E-state index is 0.0325. The molecule has 0 radical (unpaired) electrons. The molecule has 0 fully saturated rings. The van der Waals surface area contributed by atoms with Crippen molar-refractivity contribution in [3.8, 4) is 34.5 Å². The third-order valence-corrected chi connectivity index (χ3v) is 3.19. The molecule has 0 saturated carbocycles. The first-order chi connectivity index (χ1) is 11.4. The van der Waals surface area contributed by atoms with Crippen LogP contribution in [0.15, 0.2) is 24.3 Å². The molecule has 128 valence electrons. The Morgan fingerprint density at radius 1 is 0.792 bits per heavy atom. The molecule has 4 N–H and O–H groups in total. The predicted octanol–water partition coefficient (Wildman–Crippen LogP) is 2.54. The van der Waals surface area contributed by atoms with Gasteiger partial charge in [0.1, 0.15) is 45.6 Å². The summed E-state index contributed by atoms with van der Waals surface area (Å²) in [5, 5.41) is 39.3. The van der Waals surface area contributed by atoms with Crippen LogP contribution in [0.5, 0.6) is 34.5 Å². The zero-order valence-electron chi connectivity index (χ0n) is 13.2. The van der Waals surface area contributed by atoms with E-state index in [4.69, 9.17) is 9.47 Å². The van der Waals surface area contributed by atoms with E-state index in [2.05, 4.69) is 0 Å². The van der Waals surface area contributed by atoms with Gasteiger partial charge in [-0.3, -0.25) is 4.79 Å². The third kappa shape index (κ3) is 3.29. The van der Waals surface area contributed by atoms with Gasteiger partial charge >= 0.3 is 0 Å². The van der Waals surface area contributed by atoms with Gasteiger partial charge in [-0.2, -0.15) is 0 Å². The lowest BCUT2D eigenvalue weighted by Crippen LogP contribution is -2.09. The molecule has 0 amide bonds. The average molecular weight is 334 g/mol. The molecular formula is C17H18O7. The molecule has 2 aromatic rings. The quantitative estimate of drug-likeness (QED) is 0.600. The lowest BCUT2D eigenvalue weighted by atomic mass is 9.99. The monoisotopic (exact) mass is 334 g/mol. The van der Waals surface area contributed by atoms with Crippen molar-refractivity contribution in [1.82, 2.24) is 0 Å². The fourth-order valence-corrected chi connectivity index (χ4v) is 2.29. The molecule has 0 saturated heterocycles. The number of benzene rings is 2. The van der Waals surface area contributed by atoms with Crippen molar-refractivity contribution >= 4 is 5.78 Å². The van der Waals surface area contributed by atoms with Gasteiger partial charge < -0.3 is 29.9 Å². The molecule has 2 aromatic carbocycles. The molecular weight excluding hydrogens is 316 g/mol. The second kappa shape index (κ2) is 6.99. The van der Waals surface area contributed by atoms with Gasteiger partial charge in [-0.05, 0) is 13.8 Å². The van der Waals surface area contributed by atoms with Gasteiger partial charge in [0.05, 0.1) is 13.2 Å². The molecule has 0 aromatic heterocycles. The molecule has 7 nitrogen and oxygen atoms in total. The number of ether oxygens (including phenoxy) is 2. The highest BCUT2D eigenvalue weighted by Gasteiger charge is 2.27. The second-order valence-corrected chi connectivity index (χ2v) is 4.87. The van der Waals surface area contributed by atoms with Gasteiger partial charge in [0.25, 0.3) is 0 Å². The van der Waals surface area contributed by atoms with Gasteiger partial charge in [0.2, 0.25) is 5.78 Å². The Hall–Kier alpha value is -3.09. The summed E-state index contributed by atoms with van der Waals surface area (Å²) < 4.78 is 10.6. The van der Waals surface area contributed by atoms with Gasteiger partial charge in [-0.25, -0.2) is 0 Å². The Morgan fingerprint density at radius 3 is 1.50 bits per heavy atom. The van der Waals surface area contributed by atoms with Gasteiger partial charge in [-0.15, -0.1) is 0 Å².